The molecule has 0 saturated heterocycles. The molecule has 0 unspecified atom stereocenters. The Morgan fingerprint density at radius 2 is 1.47 bits per heavy atom. The molecule has 6 nitrogen and oxygen atoms in total. The summed E-state index contributed by atoms with van der Waals surface area (Å²) in [5.74, 6) is -1.31. The lowest BCUT2D eigenvalue weighted by atomic mass is 10.1. The normalized spacial score (nSPS) is 12.8. The molecule has 1 aliphatic heterocycles. The number of amides is 2. The summed E-state index contributed by atoms with van der Waals surface area (Å²) in [6.45, 7) is 1.59. The van der Waals surface area contributed by atoms with Gasteiger partial charge in [0.1, 0.15) is 6.04 Å². The third-order valence-corrected chi connectivity index (χ3v) is 6.62. The first-order chi connectivity index (χ1) is 16.6. The number of ether oxygens (including phenoxy) is 1. The molecular weight excluding hydrogens is 448 g/mol. The molecule has 0 aromatic heterocycles. The van der Waals surface area contributed by atoms with Crippen molar-refractivity contribution in [2.24, 2.45) is 0 Å². The maximum Gasteiger partial charge on any atom is 0.329 e. The third-order valence-electron chi connectivity index (χ3n) is 5.49. The van der Waals surface area contributed by atoms with Gasteiger partial charge in [-0.1, -0.05) is 74.0 Å². The van der Waals surface area contributed by atoms with Gasteiger partial charge in [-0.25, -0.2) is 4.79 Å². The molecule has 0 fully saturated rings. The summed E-state index contributed by atoms with van der Waals surface area (Å²) < 4.78 is 5.43. The number of carbonyl (C=O) groups excluding carboxylic acids is 3. The zero-order valence-electron chi connectivity index (χ0n) is 18.9. The highest BCUT2D eigenvalue weighted by Crippen LogP contribution is 2.47. The number of fused-ring (bicyclic) bond motifs is 2. The van der Waals surface area contributed by atoms with E-state index in [4.69, 9.17) is 4.74 Å². The molecule has 4 rings (SSSR count). The van der Waals surface area contributed by atoms with E-state index in [0.717, 1.165) is 34.0 Å². The summed E-state index contributed by atoms with van der Waals surface area (Å²) in [4.78, 5) is 42.2. The van der Waals surface area contributed by atoms with Crippen LogP contribution in [0, 0.1) is 0 Å². The van der Waals surface area contributed by atoms with E-state index in [1.54, 1.807) is 40.9 Å². The second-order valence-corrected chi connectivity index (χ2v) is 8.99. The summed E-state index contributed by atoms with van der Waals surface area (Å²) >= 11 is 1.60. The predicted molar refractivity (Wildman–Crippen MR) is 132 cm³/mol. The largest absolute Gasteiger partial charge is 0.454 e. The van der Waals surface area contributed by atoms with E-state index in [2.05, 4.69) is 5.32 Å². The van der Waals surface area contributed by atoms with Crippen LogP contribution in [0.1, 0.15) is 36.5 Å². The van der Waals surface area contributed by atoms with Crippen LogP contribution in [0.2, 0.25) is 0 Å². The number of nitrogens with zero attached hydrogens (tertiary/aromatic N) is 1. The molecule has 0 spiro atoms. The van der Waals surface area contributed by atoms with E-state index in [-0.39, 0.29) is 11.8 Å². The highest BCUT2D eigenvalue weighted by Gasteiger charge is 2.30. The molecule has 0 radical (unpaired) electrons. The van der Waals surface area contributed by atoms with E-state index in [9.17, 15) is 14.4 Å². The Balaban J connectivity index is 1.47. The van der Waals surface area contributed by atoms with Crippen LogP contribution >= 0.6 is 11.8 Å². The fraction of sp³-hybridized carbons (Fsp3) is 0.222. The first-order valence-corrected chi connectivity index (χ1v) is 12.1. The number of nitrogens with one attached hydrogen (secondary N) is 1. The predicted octanol–water partition coefficient (Wildman–Crippen LogP) is 5.35. The van der Waals surface area contributed by atoms with Gasteiger partial charge >= 0.3 is 5.97 Å². The molecule has 1 N–H and O–H groups in total. The van der Waals surface area contributed by atoms with Crippen molar-refractivity contribution < 1.29 is 19.1 Å². The SMILES string of the molecule is CCCC[C@H](NC(=O)c1ccccc1)C(=O)OCC(=O)N1c2ccccc2Sc2ccccc21. The van der Waals surface area contributed by atoms with Crippen molar-refractivity contribution in [1.29, 1.82) is 0 Å². The van der Waals surface area contributed by atoms with Crippen LogP contribution in [-0.4, -0.2) is 30.4 Å². The number of esters is 1. The average molecular weight is 475 g/mol. The number of anilines is 2. The van der Waals surface area contributed by atoms with Crippen molar-refractivity contribution in [3.63, 3.8) is 0 Å². The maximum absolute atomic E-state index is 13.3. The van der Waals surface area contributed by atoms with Gasteiger partial charge in [-0.2, -0.15) is 0 Å². The lowest BCUT2D eigenvalue weighted by Gasteiger charge is -2.31. The molecule has 7 heteroatoms. The minimum atomic E-state index is -0.822. The molecule has 1 heterocycles. The Bertz CT molecular complexity index is 1140. The number of benzene rings is 3. The Labute approximate surface area is 203 Å². The molecule has 1 atom stereocenters. The number of hydrogen-bond donors (Lipinski definition) is 1. The van der Waals surface area contributed by atoms with Crippen LogP contribution in [0.5, 0.6) is 0 Å². The Morgan fingerprint density at radius 3 is 2.09 bits per heavy atom. The fourth-order valence-corrected chi connectivity index (χ4v) is 4.82. The molecule has 0 saturated carbocycles. The lowest BCUT2D eigenvalue weighted by Crippen LogP contribution is -2.43. The van der Waals surface area contributed by atoms with Gasteiger partial charge in [-0.15, -0.1) is 0 Å². The maximum atomic E-state index is 13.3. The van der Waals surface area contributed by atoms with Gasteiger partial charge < -0.3 is 10.1 Å². The van der Waals surface area contributed by atoms with E-state index in [1.165, 1.54) is 0 Å². The van der Waals surface area contributed by atoms with Crippen molar-refractivity contribution in [3.05, 3.63) is 84.4 Å². The summed E-state index contributed by atoms with van der Waals surface area (Å²) in [5.41, 5.74) is 1.98. The number of rotatable bonds is 8. The molecule has 0 aliphatic carbocycles. The molecule has 3 aromatic rings. The molecule has 1 aliphatic rings. The van der Waals surface area contributed by atoms with Crippen LogP contribution in [0.15, 0.2) is 88.7 Å². The van der Waals surface area contributed by atoms with E-state index in [1.807, 2.05) is 61.5 Å². The second-order valence-electron chi connectivity index (χ2n) is 7.91. The molecule has 2 amide bonds. The molecule has 34 heavy (non-hydrogen) atoms. The standard InChI is InChI=1S/C27H26N2O4S/c1-2-3-13-20(28-26(31)19-11-5-4-6-12-19)27(32)33-18-25(30)29-21-14-7-9-16-23(21)34-24-17-10-8-15-22(24)29/h4-12,14-17,20H,2-3,13,18H2,1H3,(H,28,31)/t20-/m0/s1. The monoisotopic (exact) mass is 474 g/mol. The number of unbranched alkanes of at least 4 members (excludes halogenated alkanes) is 1. The topological polar surface area (TPSA) is 75.7 Å². The first-order valence-electron chi connectivity index (χ1n) is 11.3. The van der Waals surface area contributed by atoms with Gasteiger partial charge in [0.2, 0.25) is 0 Å². The highest BCUT2D eigenvalue weighted by atomic mass is 32.2. The van der Waals surface area contributed by atoms with Gasteiger partial charge in [0, 0.05) is 15.4 Å². The summed E-state index contributed by atoms with van der Waals surface area (Å²) in [7, 11) is 0. The first kappa shape index (κ1) is 23.6. The van der Waals surface area contributed by atoms with Crippen LogP contribution in [-0.2, 0) is 14.3 Å². The van der Waals surface area contributed by atoms with Gasteiger partial charge in [0.15, 0.2) is 6.61 Å². The van der Waals surface area contributed by atoms with Crippen LogP contribution in [0.25, 0.3) is 0 Å². The van der Waals surface area contributed by atoms with Crippen molar-refractivity contribution in [2.45, 2.75) is 42.0 Å². The minimum absolute atomic E-state index is 0.346. The number of carbonyl (C=O) groups is 3. The Kier molecular flexibility index (Phi) is 7.65. The zero-order valence-corrected chi connectivity index (χ0v) is 19.7. The highest BCUT2D eigenvalue weighted by molar-refractivity contribution is 7.99. The van der Waals surface area contributed by atoms with E-state index < -0.39 is 18.6 Å². The average Bonchev–Trinajstić information content (AvgIpc) is 2.88. The third kappa shape index (κ3) is 5.31. The molecule has 174 valence electrons. The molecule has 3 aromatic carbocycles. The van der Waals surface area contributed by atoms with Crippen molar-refractivity contribution >= 4 is 40.9 Å². The number of para-hydroxylation sites is 2. The van der Waals surface area contributed by atoms with Gasteiger partial charge in [0.25, 0.3) is 11.8 Å². The van der Waals surface area contributed by atoms with Crippen LogP contribution < -0.4 is 10.2 Å². The van der Waals surface area contributed by atoms with E-state index in [0.29, 0.717) is 12.0 Å². The Hall–Kier alpha value is -3.58. The van der Waals surface area contributed by atoms with E-state index >= 15 is 0 Å². The summed E-state index contributed by atoms with van der Waals surface area (Å²) in [6, 6.07) is 23.2. The van der Waals surface area contributed by atoms with Gasteiger partial charge in [-0.05, 0) is 42.8 Å². The van der Waals surface area contributed by atoms with Crippen LogP contribution in [0.4, 0.5) is 11.4 Å². The van der Waals surface area contributed by atoms with Crippen molar-refractivity contribution in [1.82, 2.24) is 5.32 Å². The fourth-order valence-electron chi connectivity index (χ4n) is 3.76. The number of hydrogen-bond acceptors (Lipinski definition) is 5. The van der Waals surface area contributed by atoms with Crippen LogP contribution in [0.3, 0.4) is 0 Å². The van der Waals surface area contributed by atoms with Gasteiger partial charge in [0.05, 0.1) is 11.4 Å². The second kappa shape index (κ2) is 11.0. The van der Waals surface area contributed by atoms with Gasteiger partial charge in [-0.3, -0.25) is 14.5 Å². The molecule has 0 bridgehead atoms. The van der Waals surface area contributed by atoms with Crippen molar-refractivity contribution in [2.75, 3.05) is 11.5 Å². The lowest BCUT2D eigenvalue weighted by molar-refractivity contribution is -0.149. The smallest absolute Gasteiger partial charge is 0.329 e. The zero-order chi connectivity index (χ0) is 23.9. The summed E-state index contributed by atoms with van der Waals surface area (Å²) in [6.07, 6.45) is 2.05. The van der Waals surface area contributed by atoms with Crippen molar-refractivity contribution in [3.8, 4) is 0 Å². The Morgan fingerprint density at radius 1 is 0.882 bits per heavy atom. The molecular formula is C27H26N2O4S. The minimum Gasteiger partial charge on any atom is -0.454 e. The summed E-state index contributed by atoms with van der Waals surface area (Å²) in [5, 5.41) is 2.76. The quantitative estimate of drug-likeness (QED) is 0.446.